The molecule has 1 aromatic carbocycles. The Kier molecular flexibility index (Phi) is 4.68. The highest BCUT2D eigenvalue weighted by Crippen LogP contribution is 2.21. The van der Waals surface area contributed by atoms with Crippen LogP contribution >= 0.6 is 0 Å². The van der Waals surface area contributed by atoms with E-state index in [9.17, 15) is 13.2 Å². The van der Waals surface area contributed by atoms with Gasteiger partial charge in [0.05, 0.1) is 4.90 Å². The Morgan fingerprint density at radius 3 is 2.19 bits per heavy atom. The van der Waals surface area contributed by atoms with E-state index >= 15 is 0 Å². The van der Waals surface area contributed by atoms with E-state index in [1.807, 2.05) is 19.9 Å². The van der Waals surface area contributed by atoms with Crippen LogP contribution in [0.25, 0.3) is 0 Å². The highest BCUT2D eigenvalue weighted by molar-refractivity contribution is 7.89. The Bertz CT molecular complexity index is 618. The van der Waals surface area contributed by atoms with Crippen molar-refractivity contribution in [3.8, 4) is 0 Å². The van der Waals surface area contributed by atoms with E-state index in [4.69, 9.17) is 0 Å². The number of carbonyl (C=O) groups is 1. The summed E-state index contributed by atoms with van der Waals surface area (Å²) >= 11 is 0. The summed E-state index contributed by atoms with van der Waals surface area (Å²) in [6, 6.07) is 6.99. The van der Waals surface area contributed by atoms with Gasteiger partial charge in [-0.25, -0.2) is 8.42 Å². The molecule has 1 amide bonds. The Hall–Kier alpha value is -1.40. The first-order valence-corrected chi connectivity index (χ1v) is 8.62. The third kappa shape index (κ3) is 3.27. The van der Waals surface area contributed by atoms with Crippen molar-refractivity contribution in [2.24, 2.45) is 5.92 Å². The molecular formula is C15H22N2O3S. The number of amides is 1. The van der Waals surface area contributed by atoms with Crippen LogP contribution in [0.3, 0.4) is 0 Å². The third-order valence-corrected chi connectivity index (χ3v) is 5.81. The maximum atomic E-state index is 12.6. The largest absolute Gasteiger partial charge is 0.340 e. The van der Waals surface area contributed by atoms with Gasteiger partial charge in [-0.2, -0.15) is 4.31 Å². The molecule has 0 radical (unpaired) electrons. The average Bonchev–Trinajstić information content (AvgIpc) is 2.46. The number of piperazine rings is 1. The number of benzene rings is 1. The zero-order valence-corrected chi connectivity index (χ0v) is 13.6. The van der Waals surface area contributed by atoms with Crippen LogP contribution in [0, 0.1) is 12.8 Å². The second-order valence-electron chi connectivity index (χ2n) is 5.65. The molecule has 5 nitrogen and oxygen atoms in total. The summed E-state index contributed by atoms with van der Waals surface area (Å²) in [4.78, 5) is 14.0. The van der Waals surface area contributed by atoms with Crippen LogP contribution in [0.15, 0.2) is 29.2 Å². The van der Waals surface area contributed by atoms with E-state index in [0.29, 0.717) is 31.1 Å². The average molecular weight is 310 g/mol. The Morgan fingerprint density at radius 1 is 1.10 bits per heavy atom. The fourth-order valence-corrected chi connectivity index (χ4v) is 4.15. The second kappa shape index (κ2) is 6.15. The first-order chi connectivity index (χ1) is 9.84. The van der Waals surface area contributed by atoms with Crippen molar-refractivity contribution in [1.29, 1.82) is 0 Å². The second-order valence-corrected chi connectivity index (χ2v) is 7.56. The van der Waals surface area contributed by atoms with E-state index in [1.165, 1.54) is 4.31 Å². The summed E-state index contributed by atoms with van der Waals surface area (Å²) in [5.41, 5.74) is 0.748. The van der Waals surface area contributed by atoms with Gasteiger partial charge in [0.1, 0.15) is 0 Å². The van der Waals surface area contributed by atoms with E-state index in [2.05, 4.69) is 0 Å². The van der Waals surface area contributed by atoms with E-state index < -0.39 is 10.0 Å². The highest BCUT2D eigenvalue weighted by Gasteiger charge is 2.31. The van der Waals surface area contributed by atoms with Gasteiger partial charge in [-0.1, -0.05) is 32.0 Å². The molecule has 1 aliphatic heterocycles. The van der Waals surface area contributed by atoms with Gasteiger partial charge < -0.3 is 4.90 Å². The van der Waals surface area contributed by atoms with Gasteiger partial charge in [0.25, 0.3) is 0 Å². The van der Waals surface area contributed by atoms with Crippen molar-refractivity contribution in [3.05, 3.63) is 29.8 Å². The molecule has 116 valence electrons. The number of carbonyl (C=O) groups excluding carboxylic acids is 1. The van der Waals surface area contributed by atoms with Gasteiger partial charge in [0.15, 0.2) is 0 Å². The van der Waals surface area contributed by atoms with Crippen LogP contribution in [0.1, 0.15) is 19.4 Å². The number of hydrogen-bond acceptors (Lipinski definition) is 3. The van der Waals surface area contributed by atoms with Crippen LogP contribution < -0.4 is 0 Å². The molecule has 6 heteroatoms. The molecule has 0 N–H and O–H groups in total. The summed E-state index contributed by atoms with van der Waals surface area (Å²) in [6.07, 6.45) is 0. The van der Waals surface area contributed by atoms with Crippen molar-refractivity contribution < 1.29 is 13.2 Å². The lowest BCUT2D eigenvalue weighted by atomic mass is 10.2. The Balaban J connectivity index is 2.12. The summed E-state index contributed by atoms with van der Waals surface area (Å²) < 4.78 is 26.8. The van der Waals surface area contributed by atoms with Gasteiger partial charge in [0, 0.05) is 32.1 Å². The van der Waals surface area contributed by atoms with Crippen LogP contribution in [0.2, 0.25) is 0 Å². The van der Waals surface area contributed by atoms with Gasteiger partial charge in [-0.3, -0.25) is 4.79 Å². The van der Waals surface area contributed by atoms with Crippen molar-refractivity contribution >= 4 is 15.9 Å². The first kappa shape index (κ1) is 16.0. The van der Waals surface area contributed by atoms with E-state index in [-0.39, 0.29) is 11.8 Å². The van der Waals surface area contributed by atoms with E-state index in [1.54, 1.807) is 30.0 Å². The van der Waals surface area contributed by atoms with E-state index in [0.717, 1.165) is 5.56 Å². The molecule has 0 saturated carbocycles. The predicted molar refractivity (Wildman–Crippen MR) is 81.4 cm³/mol. The maximum absolute atomic E-state index is 12.6. The normalized spacial score (nSPS) is 17.2. The molecule has 0 spiro atoms. The van der Waals surface area contributed by atoms with Crippen molar-refractivity contribution in [3.63, 3.8) is 0 Å². The molecule has 0 aromatic heterocycles. The monoisotopic (exact) mass is 310 g/mol. The molecule has 0 atom stereocenters. The van der Waals surface area contributed by atoms with Crippen molar-refractivity contribution in [2.75, 3.05) is 26.2 Å². The standard InChI is InChI=1S/C15H22N2O3S/c1-12(2)15(18)16-8-10-17(11-9-16)21(19,20)14-7-5-4-6-13(14)3/h4-7,12H,8-11H2,1-3H3. The van der Waals surface area contributed by atoms with Gasteiger partial charge in [0.2, 0.25) is 15.9 Å². The molecule has 1 heterocycles. The molecule has 2 rings (SSSR count). The van der Waals surface area contributed by atoms with Crippen molar-refractivity contribution in [1.82, 2.24) is 9.21 Å². The summed E-state index contributed by atoms with van der Waals surface area (Å²) in [5, 5.41) is 0. The smallest absolute Gasteiger partial charge is 0.243 e. The lowest BCUT2D eigenvalue weighted by Crippen LogP contribution is -2.51. The van der Waals surface area contributed by atoms with Crippen LogP contribution in [0.5, 0.6) is 0 Å². The SMILES string of the molecule is Cc1ccccc1S(=O)(=O)N1CCN(C(=O)C(C)C)CC1. The fraction of sp³-hybridized carbons (Fsp3) is 0.533. The summed E-state index contributed by atoms with van der Waals surface area (Å²) in [6.45, 7) is 7.15. The minimum atomic E-state index is -3.47. The van der Waals surface area contributed by atoms with Gasteiger partial charge >= 0.3 is 0 Å². The zero-order valence-electron chi connectivity index (χ0n) is 12.7. The molecular weight excluding hydrogens is 288 g/mol. The molecule has 1 aromatic rings. The molecule has 1 saturated heterocycles. The van der Waals surface area contributed by atoms with Crippen LogP contribution in [0.4, 0.5) is 0 Å². The Labute approximate surface area is 126 Å². The quantitative estimate of drug-likeness (QED) is 0.850. The lowest BCUT2D eigenvalue weighted by molar-refractivity contribution is -0.135. The summed E-state index contributed by atoms with van der Waals surface area (Å²) in [5.74, 6) is 0.0347. The minimum absolute atomic E-state index is 0.0514. The maximum Gasteiger partial charge on any atom is 0.243 e. The lowest BCUT2D eigenvalue weighted by Gasteiger charge is -2.35. The molecule has 0 aliphatic carbocycles. The topological polar surface area (TPSA) is 57.7 Å². The number of aryl methyl sites for hydroxylation is 1. The van der Waals surface area contributed by atoms with Gasteiger partial charge in [-0.15, -0.1) is 0 Å². The van der Waals surface area contributed by atoms with Crippen molar-refractivity contribution in [2.45, 2.75) is 25.7 Å². The molecule has 21 heavy (non-hydrogen) atoms. The van der Waals surface area contributed by atoms with Crippen LogP contribution in [-0.4, -0.2) is 49.7 Å². The van der Waals surface area contributed by atoms with Crippen LogP contribution in [-0.2, 0) is 14.8 Å². The molecule has 0 bridgehead atoms. The van der Waals surface area contributed by atoms with Gasteiger partial charge in [-0.05, 0) is 18.6 Å². The third-order valence-electron chi connectivity index (χ3n) is 3.76. The fourth-order valence-electron chi connectivity index (χ4n) is 2.50. The summed E-state index contributed by atoms with van der Waals surface area (Å²) in [7, 11) is -3.47. The number of hydrogen-bond donors (Lipinski definition) is 0. The molecule has 1 fully saturated rings. The zero-order chi connectivity index (χ0) is 15.6. The molecule has 1 aliphatic rings. The predicted octanol–water partition coefficient (Wildman–Crippen LogP) is 1.48. The molecule has 0 unspecified atom stereocenters. The highest BCUT2D eigenvalue weighted by atomic mass is 32.2. The number of sulfonamides is 1. The number of nitrogens with zero attached hydrogens (tertiary/aromatic N) is 2. The Morgan fingerprint density at radius 2 is 1.67 bits per heavy atom. The minimum Gasteiger partial charge on any atom is -0.340 e. The number of rotatable bonds is 3. The first-order valence-electron chi connectivity index (χ1n) is 7.18.